The molecule has 0 aliphatic carbocycles. The van der Waals surface area contributed by atoms with Gasteiger partial charge in [0.25, 0.3) is 0 Å². The van der Waals surface area contributed by atoms with Crippen LogP contribution in [0.2, 0.25) is 0 Å². The Balaban J connectivity index is 1.68. The molecular formula is C13H20N6. The number of nitrogens with one attached hydrogen (secondary N) is 2. The van der Waals surface area contributed by atoms with Crippen molar-refractivity contribution in [2.24, 2.45) is 0 Å². The van der Waals surface area contributed by atoms with Crippen LogP contribution in [0.5, 0.6) is 0 Å². The van der Waals surface area contributed by atoms with Crippen molar-refractivity contribution in [3.63, 3.8) is 0 Å². The number of H-pyrrole nitrogens is 2. The zero-order valence-corrected chi connectivity index (χ0v) is 11.7. The van der Waals surface area contributed by atoms with Crippen molar-refractivity contribution in [1.82, 2.24) is 30.3 Å². The Morgan fingerprint density at radius 2 is 2.16 bits per heavy atom. The van der Waals surface area contributed by atoms with E-state index in [2.05, 4.69) is 51.0 Å². The highest BCUT2D eigenvalue weighted by Crippen LogP contribution is 2.20. The number of aromatic nitrogens is 5. The molecule has 6 heteroatoms. The first-order valence-corrected chi connectivity index (χ1v) is 6.67. The summed E-state index contributed by atoms with van der Waals surface area (Å²) in [5.74, 6) is 1.82. The van der Waals surface area contributed by atoms with Crippen molar-refractivity contribution in [1.29, 1.82) is 0 Å². The molecule has 3 heterocycles. The first-order valence-electron chi connectivity index (χ1n) is 6.67. The first-order chi connectivity index (χ1) is 9.02. The van der Waals surface area contributed by atoms with Gasteiger partial charge in [-0.25, -0.2) is 4.98 Å². The molecule has 19 heavy (non-hydrogen) atoms. The van der Waals surface area contributed by atoms with Gasteiger partial charge in [-0.3, -0.25) is 15.1 Å². The molecule has 1 aliphatic heterocycles. The van der Waals surface area contributed by atoms with E-state index in [9.17, 15) is 0 Å². The van der Waals surface area contributed by atoms with E-state index in [0.717, 1.165) is 37.7 Å². The summed E-state index contributed by atoms with van der Waals surface area (Å²) in [5.41, 5.74) is 2.56. The fourth-order valence-electron chi connectivity index (χ4n) is 2.33. The van der Waals surface area contributed by atoms with Crippen molar-refractivity contribution in [3.8, 4) is 0 Å². The summed E-state index contributed by atoms with van der Waals surface area (Å²) < 4.78 is 0. The molecule has 0 atom stereocenters. The predicted molar refractivity (Wildman–Crippen MR) is 71.5 cm³/mol. The first kappa shape index (κ1) is 12.3. The van der Waals surface area contributed by atoms with E-state index < -0.39 is 0 Å². The number of hydrogen-bond acceptors (Lipinski definition) is 4. The third-order valence-corrected chi connectivity index (χ3v) is 3.46. The number of aromatic amines is 2. The van der Waals surface area contributed by atoms with E-state index in [1.807, 2.05) is 6.20 Å². The van der Waals surface area contributed by atoms with Gasteiger partial charge in [0, 0.05) is 36.2 Å². The van der Waals surface area contributed by atoms with Crippen LogP contribution in [-0.2, 0) is 24.9 Å². The maximum absolute atomic E-state index is 4.59. The Morgan fingerprint density at radius 1 is 1.32 bits per heavy atom. The van der Waals surface area contributed by atoms with Crippen LogP contribution in [0.15, 0.2) is 6.20 Å². The second-order valence-corrected chi connectivity index (χ2v) is 6.19. The van der Waals surface area contributed by atoms with E-state index in [0.29, 0.717) is 0 Å². The third-order valence-electron chi connectivity index (χ3n) is 3.46. The topological polar surface area (TPSA) is 73.5 Å². The predicted octanol–water partition coefficient (Wildman–Crippen LogP) is 1.38. The van der Waals surface area contributed by atoms with Crippen LogP contribution in [0.3, 0.4) is 0 Å². The number of hydrogen-bond donors (Lipinski definition) is 2. The molecule has 0 bridgehead atoms. The Hall–Kier alpha value is -1.69. The highest BCUT2D eigenvalue weighted by atomic mass is 15.3. The second kappa shape index (κ2) is 4.45. The van der Waals surface area contributed by atoms with E-state index in [-0.39, 0.29) is 5.41 Å². The summed E-state index contributed by atoms with van der Waals surface area (Å²) >= 11 is 0. The van der Waals surface area contributed by atoms with Gasteiger partial charge in [-0.1, -0.05) is 20.8 Å². The van der Waals surface area contributed by atoms with Crippen molar-refractivity contribution >= 4 is 0 Å². The van der Waals surface area contributed by atoms with Crippen LogP contribution in [0.1, 0.15) is 43.7 Å². The van der Waals surface area contributed by atoms with Gasteiger partial charge in [-0.2, -0.15) is 10.2 Å². The van der Waals surface area contributed by atoms with Crippen molar-refractivity contribution in [2.45, 2.75) is 45.7 Å². The average Bonchev–Trinajstić information content (AvgIpc) is 2.95. The summed E-state index contributed by atoms with van der Waals surface area (Å²) in [4.78, 5) is 6.95. The quantitative estimate of drug-likeness (QED) is 0.855. The van der Waals surface area contributed by atoms with Crippen molar-refractivity contribution in [2.75, 3.05) is 6.54 Å². The summed E-state index contributed by atoms with van der Waals surface area (Å²) in [5, 5.41) is 14.5. The van der Waals surface area contributed by atoms with Crippen LogP contribution in [0.25, 0.3) is 0 Å². The van der Waals surface area contributed by atoms with E-state index in [4.69, 9.17) is 0 Å². The molecule has 102 valence electrons. The van der Waals surface area contributed by atoms with Gasteiger partial charge >= 0.3 is 0 Å². The Morgan fingerprint density at radius 3 is 2.89 bits per heavy atom. The minimum atomic E-state index is -0.00558. The lowest BCUT2D eigenvalue weighted by Crippen LogP contribution is -2.30. The van der Waals surface area contributed by atoms with E-state index >= 15 is 0 Å². The minimum Gasteiger partial charge on any atom is -0.291 e. The zero-order valence-electron chi connectivity index (χ0n) is 11.7. The van der Waals surface area contributed by atoms with Crippen LogP contribution in [0, 0.1) is 0 Å². The number of nitrogens with zero attached hydrogens (tertiary/aromatic N) is 4. The molecule has 0 saturated heterocycles. The van der Waals surface area contributed by atoms with Crippen LogP contribution >= 0.6 is 0 Å². The molecule has 0 saturated carbocycles. The van der Waals surface area contributed by atoms with Crippen LogP contribution < -0.4 is 0 Å². The van der Waals surface area contributed by atoms with Gasteiger partial charge in [-0.15, -0.1) is 0 Å². The lowest BCUT2D eigenvalue weighted by Gasteiger charge is -2.25. The molecule has 3 rings (SSSR count). The van der Waals surface area contributed by atoms with Crippen molar-refractivity contribution in [3.05, 3.63) is 29.1 Å². The standard InChI is InChI=1S/C13H20N6/c1-13(2,3)12-15-11(17-18-12)8-19-5-4-10-9(7-19)6-14-16-10/h6H,4-5,7-8H2,1-3H3,(H,14,16)(H,15,17,18). The average molecular weight is 260 g/mol. The minimum absolute atomic E-state index is 0.00558. The molecule has 1 aliphatic rings. The largest absolute Gasteiger partial charge is 0.291 e. The highest BCUT2D eigenvalue weighted by Gasteiger charge is 2.22. The van der Waals surface area contributed by atoms with Gasteiger partial charge < -0.3 is 0 Å². The SMILES string of the molecule is CC(C)(C)c1n[nH]c(CN2CCc3[nH]ncc3C2)n1. The molecule has 0 fully saturated rings. The Bertz CT molecular complexity index is 562. The summed E-state index contributed by atoms with van der Waals surface area (Å²) in [7, 11) is 0. The van der Waals surface area contributed by atoms with Gasteiger partial charge in [0.2, 0.25) is 0 Å². The smallest absolute Gasteiger partial charge is 0.156 e. The molecule has 0 amide bonds. The zero-order chi connectivity index (χ0) is 13.5. The van der Waals surface area contributed by atoms with E-state index in [1.165, 1.54) is 11.3 Å². The van der Waals surface area contributed by atoms with Crippen LogP contribution in [-0.4, -0.2) is 36.8 Å². The van der Waals surface area contributed by atoms with Gasteiger partial charge in [0.05, 0.1) is 12.7 Å². The summed E-state index contributed by atoms with van der Waals surface area (Å²) in [6.45, 7) is 9.14. The van der Waals surface area contributed by atoms with Gasteiger partial charge in [-0.05, 0) is 0 Å². The van der Waals surface area contributed by atoms with Gasteiger partial charge in [0.15, 0.2) is 5.82 Å². The Kier molecular flexibility index (Phi) is 2.89. The molecule has 0 unspecified atom stereocenters. The fourth-order valence-corrected chi connectivity index (χ4v) is 2.33. The third kappa shape index (κ3) is 2.53. The van der Waals surface area contributed by atoms with E-state index in [1.54, 1.807) is 0 Å². The monoisotopic (exact) mass is 260 g/mol. The molecule has 0 radical (unpaired) electrons. The number of rotatable bonds is 2. The normalized spacial score (nSPS) is 16.6. The molecule has 2 aromatic rings. The molecule has 6 nitrogen and oxygen atoms in total. The van der Waals surface area contributed by atoms with Crippen molar-refractivity contribution < 1.29 is 0 Å². The highest BCUT2D eigenvalue weighted by molar-refractivity contribution is 5.19. The fraction of sp³-hybridized carbons (Fsp3) is 0.615. The molecule has 2 aromatic heterocycles. The maximum atomic E-state index is 4.59. The maximum Gasteiger partial charge on any atom is 0.156 e. The molecule has 0 spiro atoms. The number of fused-ring (bicyclic) bond motifs is 1. The Labute approximate surface area is 112 Å². The molecule has 0 aromatic carbocycles. The second-order valence-electron chi connectivity index (χ2n) is 6.19. The lowest BCUT2D eigenvalue weighted by molar-refractivity contribution is 0.239. The summed E-state index contributed by atoms with van der Waals surface area (Å²) in [6, 6.07) is 0. The van der Waals surface area contributed by atoms with Crippen LogP contribution in [0.4, 0.5) is 0 Å². The molecule has 2 N–H and O–H groups in total. The molecular weight excluding hydrogens is 240 g/mol. The summed E-state index contributed by atoms with van der Waals surface area (Å²) in [6.07, 6.45) is 2.94. The van der Waals surface area contributed by atoms with Gasteiger partial charge in [0.1, 0.15) is 5.82 Å². The lowest BCUT2D eigenvalue weighted by atomic mass is 9.96.